The highest BCUT2D eigenvalue weighted by molar-refractivity contribution is 5.77. The molecule has 1 aliphatic carbocycles. The first-order chi connectivity index (χ1) is 10.2. The third kappa shape index (κ3) is 5.47. The normalized spacial score (nSPS) is 24.0. The standard InChI is InChI=1S/C16H32N4O/c1-2-8-18-15(17)19-13-16(6-4-3-5-7-16)14-20-9-11-21-12-10-20/h2-14H2,1H3,(H3,17,18,19). The number of aliphatic imine (C=N–C) groups is 1. The molecular formula is C16H32N4O. The fraction of sp³-hybridized carbons (Fsp3) is 0.938. The summed E-state index contributed by atoms with van der Waals surface area (Å²) in [5, 5.41) is 3.19. The first kappa shape index (κ1) is 16.6. The summed E-state index contributed by atoms with van der Waals surface area (Å²) >= 11 is 0. The summed E-state index contributed by atoms with van der Waals surface area (Å²) in [5.41, 5.74) is 6.30. The molecule has 0 aromatic carbocycles. The molecule has 0 aromatic heterocycles. The molecule has 21 heavy (non-hydrogen) atoms. The Morgan fingerprint density at radius 3 is 2.62 bits per heavy atom. The van der Waals surface area contributed by atoms with Gasteiger partial charge in [-0.05, 0) is 19.3 Å². The van der Waals surface area contributed by atoms with E-state index in [1.54, 1.807) is 0 Å². The summed E-state index contributed by atoms with van der Waals surface area (Å²) in [6.07, 6.45) is 7.70. The molecule has 5 nitrogen and oxygen atoms in total. The van der Waals surface area contributed by atoms with E-state index in [-0.39, 0.29) is 0 Å². The van der Waals surface area contributed by atoms with Crippen molar-refractivity contribution in [1.29, 1.82) is 0 Å². The molecule has 0 unspecified atom stereocenters. The topological polar surface area (TPSA) is 62.9 Å². The monoisotopic (exact) mass is 296 g/mol. The number of rotatable bonds is 6. The Morgan fingerprint density at radius 2 is 1.95 bits per heavy atom. The van der Waals surface area contributed by atoms with Crippen LogP contribution in [-0.2, 0) is 4.74 Å². The summed E-state index contributed by atoms with van der Waals surface area (Å²) in [6, 6.07) is 0. The fourth-order valence-corrected chi connectivity index (χ4v) is 3.46. The minimum Gasteiger partial charge on any atom is -0.379 e. The van der Waals surface area contributed by atoms with Crippen LogP contribution in [0.25, 0.3) is 0 Å². The Labute approximate surface area is 129 Å². The van der Waals surface area contributed by atoms with Crippen molar-refractivity contribution in [2.75, 3.05) is 45.9 Å². The van der Waals surface area contributed by atoms with E-state index in [4.69, 9.17) is 10.5 Å². The predicted molar refractivity (Wildman–Crippen MR) is 87.6 cm³/mol. The van der Waals surface area contributed by atoms with E-state index in [0.29, 0.717) is 11.4 Å². The van der Waals surface area contributed by atoms with E-state index < -0.39 is 0 Å². The lowest BCUT2D eigenvalue weighted by Gasteiger charge is -2.41. The molecule has 0 radical (unpaired) electrons. The zero-order chi connectivity index (χ0) is 15.0. The van der Waals surface area contributed by atoms with Crippen LogP contribution >= 0.6 is 0 Å². The lowest BCUT2D eigenvalue weighted by atomic mass is 9.73. The molecule has 0 aromatic rings. The highest BCUT2D eigenvalue weighted by Gasteiger charge is 2.34. The van der Waals surface area contributed by atoms with Crippen molar-refractivity contribution in [1.82, 2.24) is 10.2 Å². The molecule has 3 N–H and O–H groups in total. The van der Waals surface area contributed by atoms with Crippen LogP contribution in [0.15, 0.2) is 4.99 Å². The largest absolute Gasteiger partial charge is 0.379 e. The molecule has 122 valence electrons. The van der Waals surface area contributed by atoms with Gasteiger partial charge in [-0.1, -0.05) is 26.2 Å². The van der Waals surface area contributed by atoms with E-state index in [1.165, 1.54) is 32.1 Å². The number of ether oxygens (including phenoxy) is 1. The maximum atomic E-state index is 5.97. The molecule has 5 heteroatoms. The van der Waals surface area contributed by atoms with Crippen molar-refractivity contribution in [3.63, 3.8) is 0 Å². The summed E-state index contributed by atoms with van der Waals surface area (Å²) in [7, 11) is 0. The molecular weight excluding hydrogens is 264 g/mol. The van der Waals surface area contributed by atoms with Gasteiger partial charge in [-0.3, -0.25) is 9.89 Å². The van der Waals surface area contributed by atoms with E-state index in [2.05, 4.69) is 22.1 Å². The zero-order valence-corrected chi connectivity index (χ0v) is 13.6. The highest BCUT2D eigenvalue weighted by Crippen LogP contribution is 2.37. The van der Waals surface area contributed by atoms with Crippen LogP contribution in [0.2, 0.25) is 0 Å². The molecule has 0 bridgehead atoms. The second-order valence-corrected chi connectivity index (χ2v) is 6.58. The van der Waals surface area contributed by atoms with Gasteiger partial charge in [-0.2, -0.15) is 0 Å². The quantitative estimate of drug-likeness (QED) is 0.577. The Bertz CT molecular complexity index is 320. The van der Waals surface area contributed by atoms with Gasteiger partial charge in [0, 0.05) is 38.1 Å². The van der Waals surface area contributed by atoms with Gasteiger partial charge in [0.1, 0.15) is 0 Å². The number of morpholine rings is 1. The first-order valence-electron chi connectivity index (χ1n) is 8.58. The number of nitrogens with one attached hydrogen (secondary N) is 1. The molecule has 2 rings (SSSR count). The van der Waals surface area contributed by atoms with Gasteiger partial charge in [0.25, 0.3) is 0 Å². The maximum Gasteiger partial charge on any atom is 0.188 e. The minimum absolute atomic E-state index is 0.327. The summed E-state index contributed by atoms with van der Waals surface area (Å²) in [6.45, 7) is 8.95. The number of guanidine groups is 1. The van der Waals surface area contributed by atoms with Crippen molar-refractivity contribution in [2.24, 2.45) is 16.1 Å². The van der Waals surface area contributed by atoms with Crippen molar-refractivity contribution >= 4 is 5.96 Å². The molecule has 1 heterocycles. The highest BCUT2D eigenvalue weighted by atomic mass is 16.5. The molecule has 2 aliphatic rings. The van der Waals surface area contributed by atoms with Gasteiger partial charge in [0.05, 0.1) is 13.2 Å². The Kier molecular flexibility index (Phi) is 6.77. The average Bonchev–Trinajstić information content (AvgIpc) is 2.53. The van der Waals surface area contributed by atoms with Crippen LogP contribution in [0.3, 0.4) is 0 Å². The van der Waals surface area contributed by atoms with Crippen LogP contribution in [0.1, 0.15) is 45.4 Å². The lowest BCUT2D eigenvalue weighted by molar-refractivity contribution is 0.00939. The first-order valence-corrected chi connectivity index (χ1v) is 8.58. The fourth-order valence-electron chi connectivity index (χ4n) is 3.46. The van der Waals surface area contributed by atoms with Gasteiger partial charge in [0.15, 0.2) is 5.96 Å². The van der Waals surface area contributed by atoms with Crippen molar-refractivity contribution in [2.45, 2.75) is 45.4 Å². The van der Waals surface area contributed by atoms with Gasteiger partial charge in [-0.25, -0.2) is 0 Å². The zero-order valence-electron chi connectivity index (χ0n) is 13.6. The Balaban J connectivity index is 1.92. The molecule has 1 saturated carbocycles. The number of hydrogen-bond donors (Lipinski definition) is 2. The molecule has 1 saturated heterocycles. The minimum atomic E-state index is 0.327. The summed E-state index contributed by atoms with van der Waals surface area (Å²) < 4.78 is 5.47. The second kappa shape index (κ2) is 8.59. The van der Waals surface area contributed by atoms with Gasteiger partial charge in [-0.15, -0.1) is 0 Å². The smallest absolute Gasteiger partial charge is 0.188 e. The number of hydrogen-bond acceptors (Lipinski definition) is 3. The summed E-state index contributed by atoms with van der Waals surface area (Å²) in [4.78, 5) is 7.20. The number of nitrogens with two attached hydrogens (primary N) is 1. The van der Waals surface area contributed by atoms with Crippen LogP contribution < -0.4 is 11.1 Å². The molecule has 0 spiro atoms. The van der Waals surface area contributed by atoms with Crippen LogP contribution in [-0.4, -0.2) is 56.8 Å². The van der Waals surface area contributed by atoms with E-state index >= 15 is 0 Å². The average molecular weight is 296 g/mol. The van der Waals surface area contributed by atoms with Crippen molar-refractivity contribution < 1.29 is 4.74 Å². The molecule has 1 aliphatic heterocycles. The van der Waals surface area contributed by atoms with Gasteiger partial charge in [0.2, 0.25) is 0 Å². The van der Waals surface area contributed by atoms with Gasteiger partial charge < -0.3 is 15.8 Å². The van der Waals surface area contributed by atoms with Crippen molar-refractivity contribution in [3.8, 4) is 0 Å². The van der Waals surface area contributed by atoms with Crippen LogP contribution in [0.5, 0.6) is 0 Å². The maximum absolute atomic E-state index is 5.97. The van der Waals surface area contributed by atoms with Crippen LogP contribution in [0.4, 0.5) is 0 Å². The molecule has 2 fully saturated rings. The second-order valence-electron chi connectivity index (χ2n) is 6.58. The van der Waals surface area contributed by atoms with E-state index in [1.807, 2.05) is 0 Å². The predicted octanol–water partition coefficient (Wildman–Crippen LogP) is 1.58. The Hall–Kier alpha value is -0.810. The van der Waals surface area contributed by atoms with Crippen molar-refractivity contribution in [3.05, 3.63) is 0 Å². The van der Waals surface area contributed by atoms with E-state index in [0.717, 1.165) is 52.4 Å². The van der Waals surface area contributed by atoms with Crippen LogP contribution in [0, 0.1) is 5.41 Å². The third-order valence-corrected chi connectivity index (χ3v) is 4.72. The molecule has 0 atom stereocenters. The lowest BCUT2D eigenvalue weighted by Crippen LogP contribution is -2.46. The van der Waals surface area contributed by atoms with Gasteiger partial charge >= 0.3 is 0 Å². The van der Waals surface area contributed by atoms with E-state index in [9.17, 15) is 0 Å². The third-order valence-electron chi connectivity index (χ3n) is 4.72. The summed E-state index contributed by atoms with van der Waals surface area (Å²) in [5.74, 6) is 0.615. The number of nitrogens with zero attached hydrogens (tertiary/aromatic N) is 2. The molecule has 0 amide bonds. The SMILES string of the molecule is CCCNC(N)=NCC1(CN2CCOCC2)CCCCC1. The Morgan fingerprint density at radius 1 is 1.24 bits per heavy atom.